The van der Waals surface area contributed by atoms with Crippen molar-refractivity contribution < 1.29 is 14.3 Å². The number of nitrogens with zero attached hydrogens (tertiary/aromatic N) is 2. The van der Waals surface area contributed by atoms with E-state index in [4.69, 9.17) is 9.47 Å². The quantitative estimate of drug-likeness (QED) is 0.808. The highest BCUT2D eigenvalue weighted by molar-refractivity contribution is 7.18. The SMILES string of the molecule is COc1ccc(-c2nnc(NC(=O)C34CC5CC(CC(C5)C3)C4)s2)c(OC)c1. The van der Waals surface area contributed by atoms with Gasteiger partial charge in [-0.3, -0.25) is 4.79 Å². The van der Waals surface area contributed by atoms with Crippen molar-refractivity contribution in [3.05, 3.63) is 18.2 Å². The number of hydrogen-bond acceptors (Lipinski definition) is 6. The molecule has 0 radical (unpaired) electrons. The first-order chi connectivity index (χ1) is 13.6. The van der Waals surface area contributed by atoms with Crippen LogP contribution < -0.4 is 14.8 Å². The molecule has 0 aliphatic heterocycles. The molecule has 1 heterocycles. The molecule has 0 unspecified atom stereocenters. The molecule has 6 rings (SSSR count). The molecule has 1 aromatic heterocycles. The zero-order chi connectivity index (χ0) is 19.3. The zero-order valence-electron chi connectivity index (χ0n) is 16.2. The molecule has 2 aromatic rings. The Morgan fingerprint density at radius 1 is 1.07 bits per heavy atom. The molecule has 4 bridgehead atoms. The minimum absolute atomic E-state index is 0.149. The molecular formula is C21H25N3O3S. The largest absolute Gasteiger partial charge is 0.497 e. The molecule has 4 saturated carbocycles. The van der Waals surface area contributed by atoms with Crippen LogP contribution in [0.5, 0.6) is 11.5 Å². The van der Waals surface area contributed by atoms with E-state index >= 15 is 0 Å². The van der Waals surface area contributed by atoms with E-state index in [1.54, 1.807) is 14.2 Å². The van der Waals surface area contributed by atoms with Gasteiger partial charge in [-0.25, -0.2) is 0 Å². The van der Waals surface area contributed by atoms with Crippen molar-refractivity contribution in [1.82, 2.24) is 10.2 Å². The lowest BCUT2D eigenvalue weighted by molar-refractivity contribution is -0.140. The molecule has 0 spiro atoms. The Labute approximate surface area is 168 Å². The predicted molar refractivity (Wildman–Crippen MR) is 108 cm³/mol. The third-order valence-corrected chi connectivity index (χ3v) is 7.68. The van der Waals surface area contributed by atoms with Gasteiger partial charge in [0.1, 0.15) is 11.5 Å². The van der Waals surface area contributed by atoms with Crippen molar-refractivity contribution in [1.29, 1.82) is 0 Å². The van der Waals surface area contributed by atoms with Crippen molar-refractivity contribution in [2.75, 3.05) is 19.5 Å². The number of hydrogen-bond donors (Lipinski definition) is 1. The molecule has 0 saturated heterocycles. The van der Waals surface area contributed by atoms with Gasteiger partial charge in [0.2, 0.25) is 11.0 Å². The summed E-state index contributed by atoms with van der Waals surface area (Å²) < 4.78 is 10.7. The fraction of sp³-hybridized carbons (Fsp3) is 0.571. The number of nitrogens with one attached hydrogen (secondary N) is 1. The van der Waals surface area contributed by atoms with Crippen molar-refractivity contribution in [3.8, 4) is 22.1 Å². The van der Waals surface area contributed by atoms with Crippen LogP contribution in [0.3, 0.4) is 0 Å². The highest BCUT2D eigenvalue weighted by Gasteiger charge is 2.54. The molecule has 4 aliphatic rings. The normalized spacial score (nSPS) is 30.3. The van der Waals surface area contributed by atoms with Gasteiger partial charge in [-0.1, -0.05) is 11.3 Å². The second-order valence-electron chi connectivity index (χ2n) is 8.63. The van der Waals surface area contributed by atoms with Crippen LogP contribution in [0, 0.1) is 23.2 Å². The first kappa shape index (κ1) is 17.9. The Kier molecular flexibility index (Phi) is 4.30. The van der Waals surface area contributed by atoms with Crippen LogP contribution in [0.2, 0.25) is 0 Å². The molecule has 1 aromatic carbocycles. The predicted octanol–water partition coefficient (Wildman–Crippen LogP) is 4.38. The summed E-state index contributed by atoms with van der Waals surface area (Å²) in [6.45, 7) is 0. The average molecular weight is 400 g/mol. The van der Waals surface area contributed by atoms with E-state index < -0.39 is 0 Å². The maximum Gasteiger partial charge on any atom is 0.232 e. The third-order valence-electron chi connectivity index (χ3n) is 6.80. The van der Waals surface area contributed by atoms with Crippen molar-refractivity contribution >= 4 is 22.4 Å². The first-order valence-electron chi connectivity index (χ1n) is 9.96. The number of carbonyl (C=O) groups excluding carboxylic acids is 1. The number of benzene rings is 1. The van der Waals surface area contributed by atoms with Crippen LogP contribution in [0.25, 0.3) is 10.6 Å². The van der Waals surface area contributed by atoms with Crippen LogP contribution in [-0.2, 0) is 4.79 Å². The third kappa shape index (κ3) is 2.96. The molecule has 28 heavy (non-hydrogen) atoms. The number of methoxy groups -OCH3 is 2. The minimum atomic E-state index is -0.182. The molecule has 4 aliphatic carbocycles. The van der Waals surface area contributed by atoms with Gasteiger partial charge in [0, 0.05) is 6.07 Å². The monoisotopic (exact) mass is 399 g/mol. The van der Waals surface area contributed by atoms with E-state index in [2.05, 4.69) is 15.5 Å². The Morgan fingerprint density at radius 2 is 1.75 bits per heavy atom. The standard InChI is InChI=1S/C21H25N3O3S/c1-26-15-3-4-16(17(8-15)27-2)18-23-24-20(28-18)22-19(25)21-9-12-5-13(10-21)7-14(6-12)11-21/h3-4,8,12-14H,5-7,9-11H2,1-2H3,(H,22,24,25). The Hall–Kier alpha value is -2.15. The number of rotatable bonds is 5. The second-order valence-corrected chi connectivity index (χ2v) is 9.61. The van der Waals surface area contributed by atoms with Crippen molar-refractivity contribution in [2.45, 2.75) is 38.5 Å². The lowest BCUT2D eigenvalue weighted by Crippen LogP contribution is -2.51. The summed E-state index contributed by atoms with van der Waals surface area (Å²) in [6.07, 6.45) is 7.11. The number of amides is 1. The summed E-state index contributed by atoms with van der Waals surface area (Å²) in [5, 5.41) is 12.9. The molecule has 1 N–H and O–H groups in total. The number of ether oxygens (including phenoxy) is 2. The van der Waals surface area contributed by atoms with E-state index in [1.807, 2.05) is 18.2 Å². The summed E-state index contributed by atoms with van der Waals surface area (Å²) in [5.74, 6) is 3.77. The van der Waals surface area contributed by atoms with Gasteiger partial charge in [0.15, 0.2) is 5.01 Å². The van der Waals surface area contributed by atoms with E-state index in [-0.39, 0.29) is 11.3 Å². The molecule has 0 atom stereocenters. The van der Waals surface area contributed by atoms with Gasteiger partial charge in [-0.05, 0) is 68.4 Å². The fourth-order valence-corrected chi connectivity index (χ4v) is 6.74. The van der Waals surface area contributed by atoms with Crippen LogP contribution >= 0.6 is 11.3 Å². The topological polar surface area (TPSA) is 73.3 Å². The van der Waals surface area contributed by atoms with Gasteiger partial charge >= 0.3 is 0 Å². The van der Waals surface area contributed by atoms with E-state index in [0.29, 0.717) is 10.9 Å². The fourth-order valence-electron chi connectivity index (χ4n) is 5.98. The summed E-state index contributed by atoms with van der Waals surface area (Å²) >= 11 is 1.39. The Morgan fingerprint density at radius 3 is 2.36 bits per heavy atom. The zero-order valence-corrected chi connectivity index (χ0v) is 17.1. The van der Waals surface area contributed by atoms with Gasteiger partial charge in [0.05, 0.1) is 25.2 Å². The average Bonchev–Trinajstić information content (AvgIpc) is 3.14. The molecule has 4 fully saturated rings. The summed E-state index contributed by atoms with van der Waals surface area (Å²) in [4.78, 5) is 13.2. The number of anilines is 1. The van der Waals surface area contributed by atoms with Crippen LogP contribution in [0.4, 0.5) is 5.13 Å². The lowest BCUT2D eigenvalue weighted by atomic mass is 9.49. The van der Waals surface area contributed by atoms with Crippen LogP contribution in [-0.4, -0.2) is 30.3 Å². The van der Waals surface area contributed by atoms with E-state index in [9.17, 15) is 4.79 Å². The highest BCUT2D eigenvalue weighted by Crippen LogP contribution is 2.60. The summed E-state index contributed by atoms with van der Waals surface area (Å²) in [6, 6.07) is 5.60. The van der Waals surface area contributed by atoms with Crippen LogP contribution in [0.1, 0.15) is 38.5 Å². The van der Waals surface area contributed by atoms with Crippen molar-refractivity contribution in [2.24, 2.45) is 23.2 Å². The van der Waals surface area contributed by atoms with Crippen LogP contribution in [0.15, 0.2) is 18.2 Å². The smallest absolute Gasteiger partial charge is 0.232 e. The molecule has 6 nitrogen and oxygen atoms in total. The van der Waals surface area contributed by atoms with Gasteiger partial charge in [0.25, 0.3) is 0 Å². The lowest BCUT2D eigenvalue weighted by Gasteiger charge is -2.55. The van der Waals surface area contributed by atoms with Gasteiger partial charge in [-0.15, -0.1) is 10.2 Å². The maximum atomic E-state index is 13.2. The Balaban J connectivity index is 1.35. The maximum absolute atomic E-state index is 13.2. The molecule has 7 heteroatoms. The second kappa shape index (κ2) is 6.72. The van der Waals surface area contributed by atoms with E-state index in [0.717, 1.165) is 53.3 Å². The summed E-state index contributed by atoms with van der Waals surface area (Å²) in [5.41, 5.74) is 0.661. The van der Waals surface area contributed by atoms with Gasteiger partial charge < -0.3 is 14.8 Å². The Bertz CT molecular complexity index is 875. The number of aromatic nitrogens is 2. The minimum Gasteiger partial charge on any atom is -0.497 e. The highest BCUT2D eigenvalue weighted by atomic mass is 32.1. The molecular weight excluding hydrogens is 374 g/mol. The number of carbonyl (C=O) groups is 1. The molecule has 148 valence electrons. The van der Waals surface area contributed by atoms with E-state index in [1.165, 1.54) is 30.6 Å². The van der Waals surface area contributed by atoms with Crippen molar-refractivity contribution in [3.63, 3.8) is 0 Å². The first-order valence-corrected chi connectivity index (χ1v) is 10.8. The molecule has 1 amide bonds. The van der Waals surface area contributed by atoms with Gasteiger partial charge in [-0.2, -0.15) is 0 Å². The summed E-state index contributed by atoms with van der Waals surface area (Å²) in [7, 11) is 3.24.